The highest BCUT2D eigenvalue weighted by Crippen LogP contribution is 2.66. The molecule has 0 bridgehead atoms. The van der Waals surface area contributed by atoms with Gasteiger partial charge in [-0.05, 0) is 571 Å². The summed E-state index contributed by atoms with van der Waals surface area (Å²) in [6.07, 6.45) is 5.78. The smallest absolute Gasteiger partial charge is 0.00149 e. The second-order valence-corrected chi connectivity index (χ2v) is 38.9. The van der Waals surface area contributed by atoms with Crippen LogP contribution in [0, 0.1) is 300 Å². The van der Waals surface area contributed by atoms with Crippen LogP contribution >= 0.6 is 0 Å². The molecular formula is C124H190. The van der Waals surface area contributed by atoms with Gasteiger partial charge in [0.2, 0.25) is 0 Å². The second-order valence-electron chi connectivity index (χ2n) is 38.9. The highest BCUT2D eigenvalue weighted by molar-refractivity contribution is 5.97. The van der Waals surface area contributed by atoms with E-state index in [1.807, 2.05) is 6.07 Å². The zero-order valence-corrected chi connectivity index (χ0v) is 85.0. The van der Waals surface area contributed by atoms with Gasteiger partial charge >= 0.3 is 0 Å². The highest BCUT2D eigenvalue weighted by atomic mass is 14.7. The van der Waals surface area contributed by atoms with Gasteiger partial charge in [-0.15, -0.1) is 0 Å². The summed E-state index contributed by atoms with van der Waals surface area (Å²) in [7, 11) is 0. The van der Waals surface area contributed by atoms with E-state index in [0.717, 1.165) is 72.0 Å². The van der Waals surface area contributed by atoms with Crippen molar-refractivity contribution in [3.8, 4) is 11.1 Å². The molecule has 12 rings (SSSR count). The third-order valence-electron chi connectivity index (χ3n) is 34.9. The molecule has 0 nitrogen and oxygen atoms in total. The van der Waals surface area contributed by atoms with Crippen LogP contribution in [0.2, 0.25) is 0 Å². The van der Waals surface area contributed by atoms with Crippen LogP contribution in [0.25, 0.3) is 21.9 Å². The summed E-state index contributed by atoms with van der Waals surface area (Å²) >= 11 is 0. The number of fused-ring (bicyclic) bond motifs is 1. The van der Waals surface area contributed by atoms with Crippen molar-refractivity contribution in [1.29, 1.82) is 0 Å². The molecule has 0 heterocycles. The number of benzene rings is 10. The molecule has 0 heteroatoms. The van der Waals surface area contributed by atoms with Crippen LogP contribution in [0.1, 0.15) is 337 Å². The van der Waals surface area contributed by atoms with E-state index in [1.54, 1.807) is 0 Å². The summed E-state index contributed by atoms with van der Waals surface area (Å²) in [5, 5.41) is 2.97. The van der Waals surface area contributed by atoms with Gasteiger partial charge in [0.05, 0.1) is 0 Å². The minimum Gasteiger partial charge on any atom is -0.0776 e. The van der Waals surface area contributed by atoms with Gasteiger partial charge < -0.3 is 0 Å². The van der Waals surface area contributed by atoms with Crippen molar-refractivity contribution in [2.45, 2.75) is 381 Å². The van der Waals surface area contributed by atoms with Gasteiger partial charge in [0, 0.05) is 0 Å². The minimum absolute atomic E-state index is 0. The molecule has 0 radical (unpaired) electrons. The number of rotatable bonds is 8. The van der Waals surface area contributed by atoms with Crippen molar-refractivity contribution in [2.75, 3.05) is 0 Å². The Bertz CT molecular complexity index is 4610. The maximum Gasteiger partial charge on any atom is -0.00149 e. The van der Waals surface area contributed by atoms with E-state index in [2.05, 4.69) is 396 Å². The van der Waals surface area contributed by atoms with Crippen LogP contribution in [-0.2, 0) is 25.7 Å². The molecule has 2 saturated carbocycles. The Balaban J connectivity index is 0.000000731. The molecule has 10 aromatic rings. The molecule has 8 atom stereocenters. The van der Waals surface area contributed by atoms with Gasteiger partial charge in [-0.2, -0.15) is 0 Å². The lowest BCUT2D eigenvalue weighted by molar-refractivity contribution is -0.191. The molecule has 2 aliphatic carbocycles. The fourth-order valence-electron chi connectivity index (χ4n) is 22.1. The van der Waals surface area contributed by atoms with E-state index in [-0.39, 0.29) is 37.1 Å². The molecule has 0 amide bonds. The molecule has 8 unspecified atom stereocenters. The largest absolute Gasteiger partial charge is 0.0776 e. The van der Waals surface area contributed by atoms with Gasteiger partial charge in [-0.3, -0.25) is 0 Å². The Morgan fingerprint density at radius 1 is 0.194 bits per heavy atom. The summed E-state index contributed by atoms with van der Waals surface area (Å²) in [5.74, 6) is 8.55. The maximum atomic E-state index is 2.59. The SMILES string of the molecule is C.C.C.C.C.CC1C(C)C(C)C2(C(C)C1C)C(C)C(C)C(C)C(C)C2C.CCc1ccccc1.Cc1c(C)c(C)c(-c2c(C)c(C)c(C)c(C)c2C)c(C)c1C.Cc1c(C)c(C)c(C)c(C)c1C.Cc1c(C)c(C)c(Cc2c(C)c(C)c(C)c(C)c2C)c(C)c1C.Cc1c(C)c(C)c2c(C)c(C)c(C)c(C)c2c1C.c1ccc(CCCc2ccccc2)cc1. The molecule has 0 aromatic heterocycles. The molecule has 10 aromatic carbocycles. The van der Waals surface area contributed by atoms with Crippen LogP contribution in [0.5, 0.6) is 0 Å². The number of aryl methyl sites for hydroxylation is 7. The van der Waals surface area contributed by atoms with Crippen molar-refractivity contribution < 1.29 is 0 Å². The molecule has 0 N–H and O–H groups in total. The average Bonchev–Trinajstić information content (AvgIpc) is 0.705. The monoisotopic (exact) mass is 1680 g/mol. The van der Waals surface area contributed by atoms with Gasteiger partial charge in [-0.25, -0.2) is 0 Å². The third kappa shape index (κ3) is 23.1. The molecule has 0 saturated heterocycles. The second kappa shape index (κ2) is 48.0. The first-order valence-corrected chi connectivity index (χ1v) is 46.3. The summed E-state index contributed by atoms with van der Waals surface area (Å²) in [6, 6.07) is 31.8. The number of hydrogen-bond acceptors (Lipinski definition) is 0. The minimum atomic E-state index is 0. The Morgan fingerprint density at radius 2 is 0.355 bits per heavy atom. The third-order valence-corrected chi connectivity index (χ3v) is 34.9. The lowest BCUT2D eigenvalue weighted by Crippen LogP contribution is -2.62. The fourth-order valence-corrected chi connectivity index (χ4v) is 22.1. The van der Waals surface area contributed by atoms with Crippen molar-refractivity contribution in [3.63, 3.8) is 0 Å². The van der Waals surface area contributed by atoms with Crippen molar-refractivity contribution in [2.24, 2.45) is 64.6 Å². The van der Waals surface area contributed by atoms with Gasteiger partial charge in [0.25, 0.3) is 0 Å². The Morgan fingerprint density at radius 3 is 0.532 bits per heavy atom. The summed E-state index contributed by atoms with van der Waals surface area (Å²) in [5.41, 5.74) is 60.2. The number of hydrogen-bond donors (Lipinski definition) is 0. The van der Waals surface area contributed by atoms with Gasteiger partial charge in [0.1, 0.15) is 0 Å². The maximum absolute atomic E-state index is 2.59. The van der Waals surface area contributed by atoms with Crippen molar-refractivity contribution in [1.82, 2.24) is 0 Å². The van der Waals surface area contributed by atoms with Gasteiger partial charge in [-0.1, -0.05) is 204 Å². The predicted molar refractivity (Wildman–Crippen MR) is 567 cm³/mol. The lowest BCUT2D eigenvalue weighted by atomic mass is 9.38. The van der Waals surface area contributed by atoms with E-state index in [4.69, 9.17) is 0 Å². The van der Waals surface area contributed by atoms with E-state index < -0.39 is 0 Å². The summed E-state index contributed by atoms with van der Waals surface area (Å²) in [6.45, 7) is 104. The molecule has 124 heavy (non-hydrogen) atoms. The van der Waals surface area contributed by atoms with Crippen LogP contribution in [0.4, 0.5) is 0 Å². The van der Waals surface area contributed by atoms with Crippen molar-refractivity contribution >= 4 is 10.8 Å². The Hall–Kier alpha value is -7.54. The highest BCUT2D eigenvalue weighted by Gasteiger charge is 2.61. The first-order chi connectivity index (χ1) is 55.4. The molecule has 686 valence electrons. The lowest BCUT2D eigenvalue weighted by Gasteiger charge is -2.67. The van der Waals surface area contributed by atoms with Gasteiger partial charge in [0.15, 0.2) is 0 Å². The normalized spacial score (nSPS) is 19.0. The quantitative estimate of drug-likeness (QED) is 0.142. The first kappa shape index (κ1) is 114. The van der Waals surface area contributed by atoms with E-state index in [1.165, 1.54) is 258 Å². The van der Waals surface area contributed by atoms with E-state index >= 15 is 0 Å². The van der Waals surface area contributed by atoms with Crippen LogP contribution in [-0.4, -0.2) is 0 Å². The van der Waals surface area contributed by atoms with Crippen LogP contribution in [0.3, 0.4) is 0 Å². The zero-order valence-electron chi connectivity index (χ0n) is 85.0. The summed E-state index contributed by atoms with van der Waals surface area (Å²) in [4.78, 5) is 0. The predicted octanol–water partition coefficient (Wildman–Crippen LogP) is 37.3. The Labute approximate surface area is 770 Å². The molecule has 1 spiro atoms. The van der Waals surface area contributed by atoms with Crippen LogP contribution in [0.15, 0.2) is 91.0 Å². The standard InChI is InChI=1S/C23H32.C22H30.C21H40.C18H24.C15H16.C12H18.C8H10.5CH4/c1-12-14(3)18(7)22(19(8)15(12)4)11-23-20(9)16(5)13(2)17(6)21(23)10;1-11-13(3)17(7)21(18(8)14(11)4)22-19(9)15(5)12(2)16(6)20(22)10;1-11-13(3)17(7)21(18(8)14(11)4)19(9)15(5)12(2)16(6)20(21)10;1-9-10(2)14(6)18-16(8)12(4)11(3)15(7)17(18)13(9)5;1-3-8-14(9-4-1)12-7-13-15-10-5-2-6-11-15;1-7-8(2)10(4)12(6)11(5)9(7)3;1-2-8-6-4-3-5-7-8;;;;;/h11H2,1-10H3;1-10H3;11-20H,1-10H3;1-8H3;1-6,8-11H,7,12-13H2;1-6H3;3-7H,2H2,1H3;5*1H4. The Kier molecular flexibility index (Phi) is 44.3. The van der Waals surface area contributed by atoms with E-state index in [9.17, 15) is 0 Å². The van der Waals surface area contributed by atoms with Crippen molar-refractivity contribution in [3.05, 3.63) is 308 Å². The van der Waals surface area contributed by atoms with Crippen LogP contribution < -0.4 is 0 Å². The average molecular weight is 1680 g/mol. The first-order valence-electron chi connectivity index (χ1n) is 46.3. The molecule has 2 fully saturated rings. The molecular weight excluding hydrogens is 1490 g/mol. The zero-order chi connectivity index (χ0) is 90.2. The fraction of sp³-hybridized carbons (Fsp3) is 0.532. The molecule has 0 aliphatic heterocycles. The summed E-state index contributed by atoms with van der Waals surface area (Å²) < 4.78 is 0. The van der Waals surface area contributed by atoms with E-state index in [0.29, 0.717) is 5.41 Å². The topological polar surface area (TPSA) is 0 Å². The molecule has 2 aliphatic rings.